The zero-order chi connectivity index (χ0) is 8.27. The molecule has 0 bridgehead atoms. The highest BCUT2D eigenvalue weighted by molar-refractivity contribution is 5.81. The van der Waals surface area contributed by atoms with Crippen molar-refractivity contribution in [2.24, 2.45) is 5.92 Å². The quantitative estimate of drug-likeness (QED) is 0.607. The standard InChI is InChI=1S/C8H16N2O/c1-6(9-2)8(11)10-5-7-3-4-7/h6-7,9H,3-5H2,1-2H3,(H,10,11)/t6-/m0/s1. The first kappa shape index (κ1) is 8.53. The number of carbonyl (C=O) groups is 1. The van der Waals surface area contributed by atoms with Crippen LogP contribution in [0, 0.1) is 5.92 Å². The van der Waals surface area contributed by atoms with E-state index < -0.39 is 0 Å². The van der Waals surface area contributed by atoms with Gasteiger partial charge in [0.05, 0.1) is 6.04 Å². The van der Waals surface area contributed by atoms with Gasteiger partial charge in [-0.3, -0.25) is 4.79 Å². The highest BCUT2D eigenvalue weighted by Crippen LogP contribution is 2.27. The van der Waals surface area contributed by atoms with E-state index in [-0.39, 0.29) is 11.9 Å². The normalized spacial score (nSPS) is 19.5. The predicted octanol–water partition coefficient (Wildman–Crippen LogP) is 0.120. The molecule has 0 aromatic rings. The molecule has 0 unspecified atom stereocenters. The molecule has 0 heterocycles. The summed E-state index contributed by atoms with van der Waals surface area (Å²) in [5, 5.41) is 5.79. The second-order valence-corrected chi connectivity index (χ2v) is 3.20. The lowest BCUT2D eigenvalue weighted by Crippen LogP contribution is -2.41. The summed E-state index contributed by atoms with van der Waals surface area (Å²) >= 11 is 0. The van der Waals surface area contributed by atoms with E-state index in [9.17, 15) is 4.79 Å². The van der Waals surface area contributed by atoms with Gasteiger partial charge in [-0.1, -0.05) is 0 Å². The largest absolute Gasteiger partial charge is 0.354 e. The molecule has 1 atom stereocenters. The molecule has 1 amide bonds. The Kier molecular flexibility index (Phi) is 2.88. The third-order valence-corrected chi connectivity index (χ3v) is 2.09. The summed E-state index contributed by atoms with van der Waals surface area (Å²) in [6.45, 7) is 2.73. The fourth-order valence-corrected chi connectivity index (χ4v) is 0.851. The Morgan fingerprint density at radius 1 is 1.64 bits per heavy atom. The maximum absolute atomic E-state index is 11.1. The van der Waals surface area contributed by atoms with Crippen LogP contribution in [0.3, 0.4) is 0 Å². The molecule has 0 aromatic carbocycles. The zero-order valence-electron chi connectivity index (χ0n) is 7.18. The van der Waals surface area contributed by atoms with Crippen molar-refractivity contribution in [3.05, 3.63) is 0 Å². The van der Waals surface area contributed by atoms with E-state index in [4.69, 9.17) is 0 Å². The number of carbonyl (C=O) groups excluding carboxylic acids is 1. The van der Waals surface area contributed by atoms with Gasteiger partial charge >= 0.3 is 0 Å². The lowest BCUT2D eigenvalue weighted by Gasteiger charge is -2.09. The maximum Gasteiger partial charge on any atom is 0.236 e. The van der Waals surface area contributed by atoms with Gasteiger partial charge in [0.25, 0.3) is 0 Å². The van der Waals surface area contributed by atoms with Crippen LogP contribution in [-0.2, 0) is 4.79 Å². The first-order valence-electron chi connectivity index (χ1n) is 4.19. The van der Waals surface area contributed by atoms with Crippen LogP contribution in [0.1, 0.15) is 19.8 Å². The Morgan fingerprint density at radius 2 is 2.27 bits per heavy atom. The Labute approximate surface area is 67.5 Å². The summed E-state index contributed by atoms with van der Waals surface area (Å²) in [6.07, 6.45) is 2.57. The molecule has 0 radical (unpaired) electrons. The van der Waals surface area contributed by atoms with Crippen LogP contribution in [0.2, 0.25) is 0 Å². The summed E-state index contributed by atoms with van der Waals surface area (Å²) < 4.78 is 0. The zero-order valence-corrected chi connectivity index (χ0v) is 7.18. The van der Waals surface area contributed by atoms with Gasteiger partial charge in [0.2, 0.25) is 5.91 Å². The van der Waals surface area contributed by atoms with E-state index in [0.29, 0.717) is 0 Å². The second-order valence-electron chi connectivity index (χ2n) is 3.20. The van der Waals surface area contributed by atoms with Gasteiger partial charge in [-0.25, -0.2) is 0 Å². The minimum Gasteiger partial charge on any atom is -0.354 e. The first-order valence-corrected chi connectivity index (χ1v) is 4.19. The summed E-state index contributed by atoms with van der Waals surface area (Å²) in [7, 11) is 1.79. The number of rotatable bonds is 4. The smallest absolute Gasteiger partial charge is 0.236 e. The maximum atomic E-state index is 11.1. The topological polar surface area (TPSA) is 41.1 Å². The van der Waals surface area contributed by atoms with Crippen LogP contribution in [0.25, 0.3) is 0 Å². The van der Waals surface area contributed by atoms with Crippen molar-refractivity contribution >= 4 is 5.91 Å². The highest BCUT2D eigenvalue weighted by Gasteiger charge is 2.22. The van der Waals surface area contributed by atoms with Crippen LogP contribution >= 0.6 is 0 Å². The van der Waals surface area contributed by atoms with Crippen molar-refractivity contribution < 1.29 is 4.79 Å². The third kappa shape index (κ3) is 2.89. The van der Waals surface area contributed by atoms with Crippen molar-refractivity contribution in [1.29, 1.82) is 0 Å². The first-order chi connectivity index (χ1) is 5.24. The van der Waals surface area contributed by atoms with Crippen LogP contribution in [-0.4, -0.2) is 25.5 Å². The number of hydrogen-bond donors (Lipinski definition) is 2. The van der Waals surface area contributed by atoms with Crippen LogP contribution < -0.4 is 10.6 Å². The average molecular weight is 156 g/mol. The summed E-state index contributed by atoms with van der Waals surface area (Å²) in [5.41, 5.74) is 0. The highest BCUT2D eigenvalue weighted by atomic mass is 16.2. The summed E-state index contributed by atoms with van der Waals surface area (Å²) in [4.78, 5) is 11.1. The molecule has 0 aliphatic heterocycles. The molecule has 1 aliphatic carbocycles. The van der Waals surface area contributed by atoms with Gasteiger partial charge < -0.3 is 10.6 Å². The molecule has 1 rings (SSSR count). The molecule has 0 spiro atoms. The fourth-order valence-electron chi connectivity index (χ4n) is 0.851. The molecule has 1 fully saturated rings. The molecule has 11 heavy (non-hydrogen) atoms. The van der Waals surface area contributed by atoms with Gasteiger partial charge in [-0.05, 0) is 32.7 Å². The number of likely N-dealkylation sites (N-methyl/N-ethyl adjacent to an activating group) is 1. The van der Waals surface area contributed by atoms with Crippen LogP contribution in [0.4, 0.5) is 0 Å². The number of nitrogens with one attached hydrogen (secondary N) is 2. The van der Waals surface area contributed by atoms with E-state index >= 15 is 0 Å². The minimum atomic E-state index is -0.0613. The van der Waals surface area contributed by atoms with Gasteiger partial charge in [0, 0.05) is 6.54 Å². The SMILES string of the molecule is CN[C@@H](C)C(=O)NCC1CC1. The Hall–Kier alpha value is -0.570. The van der Waals surface area contributed by atoms with Crippen molar-refractivity contribution in [2.75, 3.05) is 13.6 Å². The number of amides is 1. The predicted molar refractivity (Wildman–Crippen MR) is 44.3 cm³/mol. The van der Waals surface area contributed by atoms with E-state index in [1.165, 1.54) is 12.8 Å². The fraction of sp³-hybridized carbons (Fsp3) is 0.875. The number of hydrogen-bond acceptors (Lipinski definition) is 2. The van der Waals surface area contributed by atoms with E-state index in [0.717, 1.165) is 12.5 Å². The van der Waals surface area contributed by atoms with Gasteiger partial charge in [0.15, 0.2) is 0 Å². The van der Waals surface area contributed by atoms with Gasteiger partial charge in [0.1, 0.15) is 0 Å². The molecule has 1 aliphatic rings. The molecule has 3 heteroatoms. The lowest BCUT2D eigenvalue weighted by molar-refractivity contribution is -0.122. The Balaban J connectivity index is 2.08. The van der Waals surface area contributed by atoms with Crippen molar-refractivity contribution in [2.45, 2.75) is 25.8 Å². The van der Waals surface area contributed by atoms with Crippen LogP contribution in [0.15, 0.2) is 0 Å². The third-order valence-electron chi connectivity index (χ3n) is 2.09. The Bertz CT molecular complexity index is 143. The van der Waals surface area contributed by atoms with Crippen molar-refractivity contribution in [3.63, 3.8) is 0 Å². The van der Waals surface area contributed by atoms with Gasteiger partial charge in [-0.2, -0.15) is 0 Å². The minimum absolute atomic E-state index is 0.0613. The second kappa shape index (κ2) is 3.72. The van der Waals surface area contributed by atoms with E-state index in [1.54, 1.807) is 7.05 Å². The summed E-state index contributed by atoms with van der Waals surface area (Å²) in [5.74, 6) is 0.877. The molecule has 3 nitrogen and oxygen atoms in total. The molecule has 0 aromatic heterocycles. The van der Waals surface area contributed by atoms with Crippen molar-refractivity contribution in [3.8, 4) is 0 Å². The molecule has 0 saturated heterocycles. The Morgan fingerprint density at radius 3 is 2.73 bits per heavy atom. The van der Waals surface area contributed by atoms with Crippen molar-refractivity contribution in [1.82, 2.24) is 10.6 Å². The average Bonchev–Trinajstić information content (AvgIpc) is 2.81. The van der Waals surface area contributed by atoms with E-state index in [1.807, 2.05) is 6.92 Å². The molecule has 1 saturated carbocycles. The molecule has 64 valence electrons. The summed E-state index contributed by atoms with van der Waals surface area (Å²) in [6, 6.07) is -0.0613. The molecular weight excluding hydrogens is 140 g/mol. The molecule has 2 N–H and O–H groups in total. The monoisotopic (exact) mass is 156 g/mol. The lowest BCUT2D eigenvalue weighted by atomic mass is 10.3. The van der Waals surface area contributed by atoms with Crippen LogP contribution in [0.5, 0.6) is 0 Å². The van der Waals surface area contributed by atoms with E-state index in [2.05, 4.69) is 10.6 Å². The van der Waals surface area contributed by atoms with Gasteiger partial charge in [-0.15, -0.1) is 0 Å². The molecular formula is C8H16N2O.